The van der Waals surface area contributed by atoms with E-state index in [9.17, 15) is 0 Å². The highest BCUT2D eigenvalue weighted by Gasteiger charge is 2.53. The summed E-state index contributed by atoms with van der Waals surface area (Å²) in [6, 6.07) is 4.36. The minimum absolute atomic E-state index is 0.469. The van der Waals surface area contributed by atoms with Crippen LogP contribution in [-0.4, -0.2) is 9.97 Å². The monoisotopic (exact) mass is 230 g/mol. The molecule has 0 radical (unpaired) electrons. The summed E-state index contributed by atoms with van der Waals surface area (Å²) in [5.41, 5.74) is 4.76. The van der Waals surface area contributed by atoms with Crippen LogP contribution in [0.15, 0.2) is 17.6 Å². The molecule has 0 N–H and O–H groups in total. The van der Waals surface area contributed by atoms with Crippen LogP contribution in [0.5, 0.6) is 0 Å². The highest BCUT2D eigenvalue weighted by Crippen LogP contribution is 2.59. The lowest BCUT2D eigenvalue weighted by molar-refractivity contribution is 0.242. The van der Waals surface area contributed by atoms with Crippen molar-refractivity contribution in [2.24, 2.45) is 5.92 Å². The number of aromatic nitrogens is 2. The van der Waals surface area contributed by atoms with Gasteiger partial charge in [0, 0.05) is 11.1 Å². The summed E-state index contributed by atoms with van der Waals surface area (Å²) in [5, 5.41) is 0. The molecule has 0 aliphatic heterocycles. The Labute approximate surface area is 98.7 Å². The van der Waals surface area contributed by atoms with E-state index >= 15 is 0 Å². The van der Waals surface area contributed by atoms with Gasteiger partial charge in [0.25, 0.3) is 0 Å². The van der Waals surface area contributed by atoms with Gasteiger partial charge in [0.05, 0.1) is 11.0 Å². The Morgan fingerprint density at radius 1 is 1.25 bits per heavy atom. The first kappa shape index (κ1) is 9.11. The largest absolute Gasteiger partial charge is 0.243 e. The van der Waals surface area contributed by atoms with E-state index in [2.05, 4.69) is 17.1 Å². The van der Waals surface area contributed by atoms with Gasteiger partial charge in [-0.3, -0.25) is 0 Å². The second-order valence-electron chi connectivity index (χ2n) is 5.16. The maximum Gasteiger partial charge on any atom is 0.143 e. The fraction of sp³-hybridized carbons (Fsp3) is 0.538. The Kier molecular flexibility index (Phi) is 1.73. The summed E-state index contributed by atoms with van der Waals surface area (Å²) in [4.78, 5) is 10.2. The molecule has 3 heteroatoms. The molecule has 2 aromatic rings. The van der Waals surface area contributed by atoms with Gasteiger partial charge in [-0.05, 0) is 43.7 Å². The van der Waals surface area contributed by atoms with Crippen molar-refractivity contribution in [3.05, 3.63) is 23.3 Å². The first-order valence-electron chi connectivity index (χ1n) is 6.09. The smallest absolute Gasteiger partial charge is 0.143 e. The van der Waals surface area contributed by atoms with E-state index in [0.717, 1.165) is 16.3 Å². The van der Waals surface area contributed by atoms with Crippen molar-refractivity contribution in [1.82, 2.24) is 9.97 Å². The fourth-order valence-electron chi connectivity index (χ4n) is 3.00. The Morgan fingerprint density at radius 3 is 2.81 bits per heavy atom. The summed E-state index contributed by atoms with van der Waals surface area (Å²) in [7, 11) is 0. The third kappa shape index (κ3) is 1.12. The zero-order chi connectivity index (χ0) is 10.6. The van der Waals surface area contributed by atoms with Crippen LogP contribution in [0.2, 0.25) is 0 Å². The van der Waals surface area contributed by atoms with Gasteiger partial charge in [0.1, 0.15) is 4.83 Å². The average molecular weight is 230 g/mol. The van der Waals surface area contributed by atoms with Crippen molar-refractivity contribution in [1.29, 1.82) is 0 Å². The van der Waals surface area contributed by atoms with E-state index in [4.69, 9.17) is 4.98 Å². The van der Waals surface area contributed by atoms with Gasteiger partial charge in [0.2, 0.25) is 0 Å². The summed E-state index contributed by atoms with van der Waals surface area (Å²) in [5.74, 6) is 0.922. The number of nitrogens with zero attached hydrogens (tertiary/aromatic N) is 2. The second kappa shape index (κ2) is 3.04. The van der Waals surface area contributed by atoms with Crippen LogP contribution in [0.4, 0.5) is 0 Å². The SMILES string of the molecule is c1nc2ccc(C3(C4CCC4)CC3)nc2s1. The number of thiazole rings is 1. The number of rotatable bonds is 2. The number of pyridine rings is 1. The average Bonchev–Trinajstić information content (AvgIpc) is 2.88. The molecular formula is C13H14N2S. The van der Waals surface area contributed by atoms with E-state index in [1.54, 1.807) is 11.3 Å². The van der Waals surface area contributed by atoms with E-state index in [-0.39, 0.29) is 0 Å². The molecule has 0 unspecified atom stereocenters. The summed E-state index contributed by atoms with van der Waals surface area (Å²) in [6.45, 7) is 0. The number of fused-ring (bicyclic) bond motifs is 1. The minimum atomic E-state index is 0.469. The lowest BCUT2D eigenvalue weighted by Crippen LogP contribution is -2.27. The van der Waals surface area contributed by atoms with Crippen molar-refractivity contribution < 1.29 is 0 Å². The summed E-state index contributed by atoms with van der Waals surface area (Å²) in [6.07, 6.45) is 6.98. The maximum absolute atomic E-state index is 4.83. The van der Waals surface area contributed by atoms with E-state index in [1.165, 1.54) is 37.8 Å². The van der Waals surface area contributed by atoms with Crippen molar-refractivity contribution in [3.63, 3.8) is 0 Å². The molecule has 0 spiro atoms. The van der Waals surface area contributed by atoms with Crippen molar-refractivity contribution in [2.75, 3.05) is 0 Å². The topological polar surface area (TPSA) is 25.8 Å². The fourth-order valence-corrected chi connectivity index (χ4v) is 3.66. The molecular weight excluding hydrogens is 216 g/mol. The summed E-state index contributed by atoms with van der Waals surface area (Å²) >= 11 is 1.66. The molecule has 2 aliphatic carbocycles. The van der Waals surface area contributed by atoms with Crippen LogP contribution in [0, 0.1) is 5.92 Å². The second-order valence-corrected chi connectivity index (χ2v) is 5.99. The molecule has 0 bridgehead atoms. The molecule has 2 aromatic heterocycles. The molecule has 0 saturated heterocycles. The van der Waals surface area contributed by atoms with Gasteiger partial charge in [-0.1, -0.05) is 6.42 Å². The molecule has 2 nitrogen and oxygen atoms in total. The lowest BCUT2D eigenvalue weighted by Gasteiger charge is -2.33. The Morgan fingerprint density at radius 2 is 2.12 bits per heavy atom. The first-order chi connectivity index (χ1) is 7.88. The van der Waals surface area contributed by atoms with Gasteiger partial charge < -0.3 is 0 Å². The van der Waals surface area contributed by atoms with E-state index < -0.39 is 0 Å². The molecule has 82 valence electrons. The van der Waals surface area contributed by atoms with E-state index in [1.807, 2.05) is 5.51 Å². The van der Waals surface area contributed by atoms with Gasteiger partial charge >= 0.3 is 0 Å². The first-order valence-corrected chi connectivity index (χ1v) is 6.97. The van der Waals surface area contributed by atoms with E-state index in [0.29, 0.717) is 5.41 Å². The zero-order valence-electron chi connectivity index (χ0n) is 9.15. The third-order valence-electron chi connectivity index (χ3n) is 4.38. The van der Waals surface area contributed by atoms with Crippen LogP contribution < -0.4 is 0 Å². The van der Waals surface area contributed by atoms with Crippen LogP contribution in [0.1, 0.15) is 37.8 Å². The molecule has 2 fully saturated rings. The lowest BCUT2D eigenvalue weighted by atomic mass is 9.72. The third-order valence-corrected chi connectivity index (χ3v) is 5.12. The van der Waals surface area contributed by atoms with Crippen LogP contribution in [0.25, 0.3) is 10.3 Å². The quantitative estimate of drug-likeness (QED) is 0.788. The van der Waals surface area contributed by atoms with Crippen LogP contribution in [0.3, 0.4) is 0 Å². The molecule has 0 atom stereocenters. The van der Waals surface area contributed by atoms with Gasteiger partial charge in [0.15, 0.2) is 0 Å². The molecule has 0 aromatic carbocycles. The molecule has 2 aliphatic rings. The highest BCUT2D eigenvalue weighted by atomic mass is 32.1. The normalized spacial score (nSPS) is 23.2. The highest BCUT2D eigenvalue weighted by molar-refractivity contribution is 7.16. The molecule has 4 rings (SSSR count). The predicted molar refractivity (Wildman–Crippen MR) is 65.7 cm³/mol. The zero-order valence-corrected chi connectivity index (χ0v) is 9.96. The molecule has 0 amide bonds. The summed E-state index contributed by atoms with van der Waals surface area (Å²) < 4.78 is 0. The van der Waals surface area contributed by atoms with Crippen molar-refractivity contribution in [2.45, 2.75) is 37.5 Å². The van der Waals surface area contributed by atoms with Gasteiger partial charge in [-0.2, -0.15) is 0 Å². The predicted octanol–water partition coefficient (Wildman–Crippen LogP) is 3.52. The van der Waals surface area contributed by atoms with Gasteiger partial charge in [-0.15, -0.1) is 11.3 Å². The Hall–Kier alpha value is -0.960. The maximum atomic E-state index is 4.83. The number of hydrogen-bond donors (Lipinski definition) is 0. The Balaban J connectivity index is 1.80. The number of hydrogen-bond acceptors (Lipinski definition) is 3. The van der Waals surface area contributed by atoms with Gasteiger partial charge in [-0.25, -0.2) is 9.97 Å². The van der Waals surface area contributed by atoms with Crippen molar-refractivity contribution in [3.8, 4) is 0 Å². The van der Waals surface area contributed by atoms with Crippen LogP contribution >= 0.6 is 11.3 Å². The minimum Gasteiger partial charge on any atom is -0.243 e. The van der Waals surface area contributed by atoms with Crippen molar-refractivity contribution >= 4 is 21.7 Å². The molecule has 2 saturated carbocycles. The van der Waals surface area contributed by atoms with Crippen LogP contribution in [-0.2, 0) is 5.41 Å². The molecule has 16 heavy (non-hydrogen) atoms. The molecule has 2 heterocycles. The standard InChI is InChI=1S/C13H14N2S/c1-2-9(3-1)13(6-7-13)11-5-4-10-12(15-11)16-8-14-10/h4-5,8-9H,1-3,6-7H2. The Bertz CT molecular complexity index is 538.